The van der Waals surface area contributed by atoms with Crippen molar-refractivity contribution in [2.45, 2.75) is 39.4 Å². The second-order valence-electron chi connectivity index (χ2n) is 6.39. The first-order valence-electron chi connectivity index (χ1n) is 9.25. The van der Waals surface area contributed by atoms with E-state index in [4.69, 9.17) is 23.5 Å². The van der Waals surface area contributed by atoms with E-state index in [1.165, 1.54) is 13.4 Å². The number of hydroxylamine groups is 1. The number of aromatic hydroxyl groups is 1. The Morgan fingerprint density at radius 1 is 1.39 bits per heavy atom. The maximum absolute atomic E-state index is 12.6. The summed E-state index contributed by atoms with van der Waals surface area (Å²) < 4.78 is 22.3. The van der Waals surface area contributed by atoms with Crippen LogP contribution in [0.25, 0.3) is 16.7 Å². The standard InChI is InChI=1S/C20H25NO7/c1-4-25-11-14(21-24-3)17-18(22)13-8-9-15(12(2)19(13)28-20(17)23)27-16-7-5-6-10-26-16/h8-9,11,16,21-22H,4-7,10H2,1-3H3. The van der Waals surface area contributed by atoms with E-state index in [1.54, 1.807) is 26.0 Å². The molecule has 2 heterocycles. The average Bonchev–Trinajstić information content (AvgIpc) is 2.69. The van der Waals surface area contributed by atoms with E-state index in [2.05, 4.69) is 5.48 Å². The first kappa shape index (κ1) is 20.0. The van der Waals surface area contributed by atoms with E-state index in [0.29, 0.717) is 29.9 Å². The monoisotopic (exact) mass is 391 g/mol. The van der Waals surface area contributed by atoms with Crippen LogP contribution in [0.3, 0.4) is 0 Å². The maximum atomic E-state index is 12.6. The highest BCUT2D eigenvalue weighted by Gasteiger charge is 2.22. The van der Waals surface area contributed by atoms with Crippen LogP contribution in [0.15, 0.2) is 27.6 Å². The van der Waals surface area contributed by atoms with Crippen LogP contribution in [0.5, 0.6) is 11.5 Å². The summed E-state index contributed by atoms with van der Waals surface area (Å²) in [6.45, 7) is 4.62. The zero-order chi connectivity index (χ0) is 20.1. The number of hydrogen-bond donors (Lipinski definition) is 2. The second-order valence-corrected chi connectivity index (χ2v) is 6.39. The molecule has 0 radical (unpaired) electrons. The van der Waals surface area contributed by atoms with Crippen molar-refractivity contribution in [1.82, 2.24) is 5.48 Å². The van der Waals surface area contributed by atoms with Crippen LogP contribution in [-0.4, -0.2) is 31.7 Å². The second kappa shape index (κ2) is 8.99. The number of ether oxygens (including phenoxy) is 3. The van der Waals surface area contributed by atoms with Crippen molar-refractivity contribution in [3.63, 3.8) is 0 Å². The van der Waals surface area contributed by atoms with Gasteiger partial charge in [-0.3, -0.25) is 10.3 Å². The lowest BCUT2D eigenvalue weighted by Crippen LogP contribution is -2.25. The summed E-state index contributed by atoms with van der Waals surface area (Å²) in [5, 5.41) is 11.1. The van der Waals surface area contributed by atoms with Crippen LogP contribution in [0.2, 0.25) is 0 Å². The topological polar surface area (TPSA) is 99.4 Å². The van der Waals surface area contributed by atoms with Crippen molar-refractivity contribution in [2.24, 2.45) is 0 Å². The number of hydrogen-bond acceptors (Lipinski definition) is 8. The molecule has 28 heavy (non-hydrogen) atoms. The Balaban J connectivity index is 2.04. The number of benzene rings is 1. The number of rotatable bonds is 7. The van der Waals surface area contributed by atoms with Crippen LogP contribution in [0, 0.1) is 6.92 Å². The lowest BCUT2D eigenvalue weighted by atomic mass is 10.1. The number of aryl methyl sites for hydroxylation is 1. The van der Waals surface area contributed by atoms with Crippen molar-refractivity contribution in [3.05, 3.63) is 39.9 Å². The third kappa shape index (κ3) is 4.07. The molecule has 1 saturated heterocycles. The van der Waals surface area contributed by atoms with Gasteiger partial charge in [-0.2, -0.15) is 0 Å². The van der Waals surface area contributed by atoms with Gasteiger partial charge in [0.15, 0.2) is 6.29 Å². The van der Waals surface area contributed by atoms with Gasteiger partial charge in [-0.1, -0.05) is 0 Å². The molecule has 1 aliphatic rings. The summed E-state index contributed by atoms with van der Waals surface area (Å²) in [5.41, 5.74) is 2.76. The molecule has 2 aromatic rings. The minimum absolute atomic E-state index is 0.0773. The molecule has 3 rings (SSSR count). The molecule has 0 bridgehead atoms. The van der Waals surface area contributed by atoms with Crippen LogP contribution in [-0.2, 0) is 14.3 Å². The molecular weight excluding hydrogens is 366 g/mol. The minimum Gasteiger partial charge on any atom is -0.506 e. The van der Waals surface area contributed by atoms with Crippen LogP contribution in [0.4, 0.5) is 0 Å². The van der Waals surface area contributed by atoms with E-state index in [1.807, 2.05) is 0 Å². The molecule has 1 aromatic heterocycles. The highest BCUT2D eigenvalue weighted by Crippen LogP contribution is 2.35. The maximum Gasteiger partial charge on any atom is 0.349 e. The van der Waals surface area contributed by atoms with Gasteiger partial charge >= 0.3 is 5.63 Å². The van der Waals surface area contributed by atoms with Gasteiger partial charge in [0.25, 0.3) is 0 Å². The zero-order valence-corrected chi connectivity index (χ0v) is 16.2. The predicted octanol–water partition coefficient (Wildman–Crippen LogP) is 3.20. The van der Waals surface area contributed by atoms with E-state index in [9.17, 15) is 9.90 Å². The van der Waals surface area contributed by atoms with Gasteiger partial charge in [0.2, 0.25) is 0 Å². The molecule has 0 aliphatic carbocycles. The Kier molecular flexibility index (Phi) is 6.43. The third-order valence-electron chi connectivity index (χ3n) is 4.49. The van der Waals surface area contributed by atoms with E-state index in [0.717, 1.165) is 19.3 Å². The summed E-state index contributed by atoms with van der Waals surface area (Å²) in [6.07, 6.45) is 3.84. The van der Waals surface area contributed by atoms with Gasteiger partial charge in [0, 0.05) is 12.0 Å². The molecule has 152 valence electrons. The van der Waals surface area contributed by atoms with Crippen LogP contribution in [0.1, 0.15) is 37.3 Å². The summed E-state index contributed by atoms with van der Waals surface area (Å²) in [6, 6.07) is 3.38. The third-order valence-corrected chi connectivity index (χ3v) is 4.49. The van der Waals surface area contributed by atoms with Crippen LogP contribution >= 0.6 is 0 Å². The molecule has 1 atom stereocenters. The van der Waals surface area contributed by atoms with Gasteiger partial charge in [-0.25, -0.2) is 4.79 Å². The van der Waals surface area contributed by atoms with Crippen LogP contribution < -0.4 is 15.8 Å². The van der Waals surface area contributed by atoms with Gasteiger partial charge in [-0.15, -0.1) is 0 Å². The molecule has 0 amide bonds. The number of nitrogens with one attached hydrogen (secondary N) is 1. The molecule has 0 spiro atoms. The van der Waals surface area contributed by atoms with Gasteiger partial charge in [-0.05, 0) is 38.8 Å². The summed E-state index contributed by atoms with van der Waals surface area (Å²) in [4.78, 5) is 17.5. The van der Waals surface area contributed by atoms with E-state index >= 15 is 0 Å². The van der Waals surface area contributed by atoms with Gasteiger partial charge in [0.05, 0.1) is 25.7 Å². The molecule has 8 heteroatoms. The quantitative estimate of drug-likeness (QED) is 0.422. The minimum atomic E-state index is -0.727. The summed E-state index contributed by atoms with van der Waals surface area (Å²) >= 11 is 0. The Bertz CT molecular complexity index is 913. The highest BCUT2D eigenvalue weighted by molar-refractivity contribution is 5.91. The molecule has 8 nitrogen and oxygen atoms in total. The molecule has 1 aliphatic heterocycles. The smallest absolute Gasteiger partial charge is 0.349 e. The highest BCUT2D eigenvalue weighted by atomic mass is 16.7. The zero-order valence-electron chi connectivity index (χ0n) is 16.2. The van der Waals surface area contributed by atoms with Crippen molar-refractivity contribution >= 4 is 16.7 Å². The Morgan fingerprint density at radius 2 is 2.21 bits per heavy atom. The molecule has 2 N–H and O–H groups in total. The molecule has 1 unspecified atom stereocenters. The van der Waals surface area contributed by atoms with Gasteiger partial charge in [0.1, 0.15) is 34.6 Å². The number of fused-ring (bicyclic) bond motifs is 1. The Labute approximate surface area is 162 Å². The first-order valence-corrected chi connectivity index (χ1v) is 9.25. The average molecular weight is 391 g/mol. The lowest BCUT2D eigenvalue weighted by molar-refractivity contribution is -0.106. The van der Waals surface area contributed by atoms with Crippen molar-refractivity contribution < 1.29 is 28.6 Å². The normalized spacial score (nSPS) is 17.5. The fraction of sp³-hybridized carbons (Fsp3) is 0.450. The SMILES string of the molecule is CCOC=C(NOC)c1c(O)c2ccc(OC3CCCCO3)c(C)c2oc1=O. The van der Waals surface area contributed by atoms with Crippen molar-refractivity contribution in [2.75, 3.05) is 20.3 Å². The molecular formula is C20H25NO7. The molecule has 1 aromatic carbocycles. The van der Waals surface area contributed by atoms with E-state index in [-0.39, 0.29) is 28.9 Å². The lowest BCUT2D eigenvalue weighted by Gasteiger charge is -2.24. The Hall–Kier alpha value is -2.71. The summed E-state index contributed by atoms with van der Waals surface area (Å²) in [7, 11) is 1.39. The fourth-order valence-electron chi connectivity index (χ4n) is 3.09. The predicted molar refractivity (Wildman–Crippen MR) is 103 cm³/mol. The van der Waals surface area contributed by atoms with Crippen molar-refractivity contribution in [3.8, 4) is 11.5 Å². The molecule has 1 fully saturated rings. The van der Waals surface area contributed by atoms with E-state index < -0.39 is 5.63 Å². The Morgan fingerprint density at radius 3 is 2.89 bits per heavy atom. The van der Waals surface area contributed by atoms with Crippen molar-refractivity contribution in [1.29, 1.82) is 0 Å². The van der Waals surface area contributed by atoms with Gasteiger partial charge < -0.3 is 23.7 Å². The molecule has 0 saturated carbocycles. The first-order chi connectivity index (χ1) is 13.6. The summed E-state index contributed by atoms with van der Waals surface area (Å²) in [5.74, 6) is 0.320. The largest absolute Gasteiger partial charge is 0.506 e. The fourth-order valence-corrected chi connectivity index (χ4v) is 3.09.